The van der Waals surface area contributed by atoms with E-state index in [-0.39, 0.29) is 5.82 Å². The van der Waals surface area contributed by atoms with Crippen molar-refractivity contribution < 1.29 is 4.39 Å². The number of rotatable bonds is 4. The van der Waals surface area contributed by atoms with Crippen molar-refractivity contribution in [1.29, 1.82) is 0 Å². The summed E-state index contributed by atoms with van der Waals surface area (Å²) in [6.07, 6.45) is 0. The van der Waals surface area contributed by atoms with E-state index < -0.39 is 0 Å². The summed E-state index contributed by atoms with van der Waals surface area (Å²) in [5, 5.41) is 4.01. The lowest BCUT2D eigenvalue weighted by molar-refractivity contribution is 0.587. The van der Waals surface area contributed by atoms with Crippen LogP contribution in [0.25, 0.3) is 11.1 Å². The summed E-state index contributed by atoms with van der Waals surface area (Å²) in [5.74, 6) is -0.233. The highest BCUT2D eigenvalue weighted by Gasteiger charge is 2.07. The summed E-state index contributed by atoms with van der Waals surface area (Å²) >= 11 is 6.01. The molecule has 2 aromatic carbocycles. The van der Waals surface area contributed by atoms with Crippen molar-refractivity contribution in [2.75, 3.05) is 0 Å². The van der Waals surface area contributed by atoms with Crippen LogP contribution in [0, 0.1) is 5.82 Å². The molecule has 0 aromatic heterocycles. The third-order valence-electron chi connectivity index (χ3n) is 2.91. The van der Waals surface area contributed by atoms with Crippen molar-refractivity contribution in [2.45, 2.75) is 26.4 Å². The molecule has 0 aliphatic heterocycles. The first kappa shape index (κ1) is 14.0. The van der Waals surface area contributed by atoms with Gasteiger partial charge in [0.15, 0.2) is 0 Å². The molecule has 19 heavy (non-hydrogen) atoms. The molecular formula is C16H17ClFN. The highest BCUT2D eigenvalue weighted by molar-refractivity contribution is 6.30. The number of benzene rings is 2. The molecule has 3 heteroatoms. The summed E-state index contributed by atoms with van der Waals surface area (Å²) in [5.41, 5.74) is 2.89. The lowest BCUT2D eigenvalue weighted by atomic mass is 9.99. The SMILES string of the molecule is CC(C)NCc1ccc(F)cc1-c1cccc(Cl)c1. The van der Waals surface area contributed by atoms with Crippen LogP contribution in [0.15, 0.2) is 42.5 Å². The normalized spacial score (nSPS) is 11.0. The van der Waals surface area contributed by atoms with E-state index >= 15 is 0 Å². The van der Waals surface area contributed by atoms with Gasteiger partial charge in [-0.3, -0.25) is 0 Å². The van der Waals surface area contributed by atoms with Crippen molar-refractivity contribution in [3.8, 4) is 11.1 Å². The minimum absolute atomic E-state index is 0.233. The van der Waals surface area contributed by atoms with E-state index in [0.29, 0.717) is 17.6 Å². The summed E-state index contributed by atoms with van der Waals surface area (Å²) in [6, 6.07) is 12.8. The molecule has 1 nitrogen and oxygen atoms in total. The maximum absolute atomic E-state index is 13.5. The van der Waals surface area contributed by atoms with Gasteiger partial charge in [0.25, 0.3) is 0 Å². The van der Waals surface area contributed by atoms with E-state index in [9.17, 15) is 4.39 Å². The second-order valence-electron chi connectivity index (χ2n) is 4.85. The van der Waals surface area contributed by atoms with Gasteiger partial charge in [-0.05, 0) is 41.0 Å². The lowest BCUT2D eigenvalue weighted by Gasteiger charge is -2.13. The Kier molecular flexibility index (Phi) is 4.56. The first-order valence-electron chi connectivity index (χ1n) is 6.34. The van der Waals surface area contributed by atoms with E-state index in [2.05, 4.69) is 19.2 Å². The van der Waals surface area contributed by atoms with E-state index in [0.717, 1.165) is 16.7 Å². The zero-order valence-corrected chi connectivity index (χ0v) is 11.8. The van der Waals surface area contributed by atoms with Gasteiger partial charge in [0.2, 0.25) is 0 Å². The van der Waals surface area contributed by atoms with Crippen LogP contribution in [0.3, 0.4) is 0 Å². The predicted molar refractivity (Wildman–Crippen MR) is 78.8 cm³/mol. The topological polar surface area (TPSA) is 12.0 Å². The molecule has 0 atom stereocenters. The summed E-state index contributed by atoms with van der Waals surface area (Å²) in [6.45, 7) is 4.88. The van der Waals surface area contributed by atoms with Gasteiger partial charge in [0, 0.05) is 17.6 Å². The van der Waals surface area contributed by atoms with Gasteiger partial charge in [-0.2, -0.15) is 0 Å². The second-order valence-corrected chi connectivity index (χ2v) is 5.28. The molecule has 0 saturated carbocycles. The van der Waals surface area contributed by atoms with E-state index in [1.54, 1.807) is 6.07 Å². The molecule has 2 rings (SSSR count). The molecule has 0 aliphatic rings. The van der Waals surface area contributed by atoms with Gasteiger partial charge in [0.1, 0.15) is 5.82 Å². The zero-order valence-electron chi connectivity index (χ0n) is 11.1. The molecule has 0 unspecified atom stereocenters. The van der Waals surface area contributed by atoms with E-state index in [4.69, 9.17) is 11.6 Å². The number of hydrogen-bond acceptors (Lipinski definition) is 1. The molecule has 0 bridgehead atoms. The van der Waals surface area contributed by atoms with Crippen LogP contribution in [0.2, 0.25) is 5.02 Å². The first-order valence-corrected chi connectivity index (χ1v) is 6.72. The maximum Gasteiger partial charge on any atom is 0.123 e. The Hall–Kier alpha value is -1.38. The monoisotopic (exact) mass is 277 g/mol. The smallest absolute Gasteiger partial charge is 0.123 e. The van der Waals surface area contributed by atoms with Gasteiger partial charge in [-0.1, -0.05) is 43.6 Å². The Labute approximate surface area is 118 Å². The summed E-state index contributed by atoms with van der Waals surface area (Å²) in [4.78, 5) is 0. The molecule has 0 amide bonds. The largest absolute Gasteiger partial charge is 0.310 e. The van der Waals surface area contributed by atoms with E-state index in [1.807, 2.05) is 30.3 Å². The Bertz CT molecular complexity index is 566. The quantitative estimate of drug-likeness (QED) is 0.858. The molecule has 0 aliphatic carbocycles. The fourth-order valence-electron chi connectivity index (χ4n) is 1.94. The standard InChI is InChI=1S/C16H17ClFN/c1-11(2)19-10-13-6-7-15(18)9-16(13)12-4-3-5-14(17)8-12/h3-9,11,19H,10H2,1-2H3. The van der Waals surface area contributed by atoms with Gasteiger partial charge in [-0.25, -0.2) is 4.39 Å². The molecule has 2 aromatic rings. The third-order valence-corrected chi connectivity index (χ3v) is 3.14. The van der Waals surface area contributed by atoms with E-state index in [1.165, 1.54) is 6.07 Å². The van der Waals surface area contributed by atoms with Gasteiger partial charge in [0.05, 0.1) is 0 Å². The van der Waals surface area contributed by atoms with Crippen LogP contribution in [0.4, 0.5) is 4.39 Å². The second kappa shape index (κ2) is 6.18. The van der Waals surface area contributed by atoms with Crippen LogP contribution in [0.5, 0.6) is 0 Å². The fourth-order valence-corrected chi connectivity index (χ4v) is 2.13. The third kappa shape index (κ3) is 3.79. The molecule has 0 spiro atoms. The molecule has 0 saturated heterocycles. The molecule has 100 valence electrons. The van der Waals surface area contributed by atoms with Crippen LogP contribution in [-0.2, 0) is 6.54 Å². The van der Waals surface area contributed by atoms with Crippen LogP contribution in [0.1, 0.15) is 19.4 Å². The van der Waals surface area contributed by atoms with Crippen LogP contribution < -0.4 is 5.32 Å². The number of halogens is 2. The molecule has 1 N–H and O–H groups in total. The fraction of sp³-hybridized carbons (Fsp3) is 0.250. The van der Waals surface area contributed by atoms with Crippen molar-refractivity contribution in [1.82, 2.24) is 5.32 Å². The Morgan fingerprint density at radius 1 is 1.16 bits per heavy atom. The number of nitrogens with one attached hydrogen (secondary N) is 1. The highest BCUT2D eigenvalue weighted by Crippen LogP contribution is 2.27. The average Bonchev–Trinajstić information content (AvgIpc) is 2.37. The predicted octanol–water partition coefficient (Wildman–Crippen LogP) is 4.64. The zero-order chi connectivity index (χ0) is 13.8. The van der Waals surface area contributed by atoms with Crippen molar-refractivity contribution in [2.24, 2.45) is 0 Å². The van der Waals surface area contributed by atoms with Gasteiger partial charge >= 0.3 is 0 Å². The Morgan fingerprint density at radius 2 is 1.95 bits per heavy atom. The summed E-state index contributed by atoms with van der Waals surface area (Å²) < 4.78 is 13.5. The van der Waals surface area contributed by atoms with Gasteiger partial charge in [-0.15, -0.1) is 0 Å². The van der Waals surface area contributed by atoms with Crippen molar-refractivity contribution in [3.63, 3.8) is 0 Å². The minimum Gasteiger partial charge on any atom is -0.310 e. The van der Waals surface area contributed by atoms with Crippen LogP contribution in [-0.4, -0.2) is 6.04 Å². The molecule has 0 fully saturated rings. The molecule has 0 radical (unpaired) electrons. The lowest BCUT2D eigenvalue weighted by Crippen LogP contribution is -2.22. The Balaban J connectivity index is 2.39. The van der Waals surface area contributed by atoms with Crippen molar-refractivity contribution >= 4 is 11.6 Å². The average molecular weight is 278 g/mol. The number of hydrogen-bond donors (Lipinski definition) is 1. The highest BCUT2D eigenvalue weighted by atomic mass is 35.5. The molecule has 0 heterocycles. The maximum atomic E-state index is 13.5. The minimum atomic E-state index is -0.233. The first-order chi connectivity index (χ1) is 9.06. The van der Waals surface area contributed by atoms with Crippen LogP contribution >= 0.6 is 11.6 Å². The Morgan fingerprint density at radius 3 is 2.63 bits per heavy atom. The summed E-state index contributed by atoms with van der Waals surface area (Å²) in [7, 11) is 0. The van der Waals surface area contributed by atoms with Gasteiger partial charge < -0.3 is 5.32 Å². The molecular weight excluding hydrogens is 261 g/mol. The van der Waals surface area contributed by atoms with Crippen molar-refractivity contribution in [3.05, 3.63) is 58.9 Å².